The van der Waals surface area contributed by atoms with Crippen molar-refractivity contribution in [2.45, 2.75) is 33.2 Å². The van der Waals surface area contributed by atoms with Crippen LogP contribution in [0.2, 0.25) is 0 Å². The molecule has 0 aliphatic carbocycles. The van der Waals surface area contributed by atoms with Crippen LogP contribution in [0, 0.1) is 0 Å². The average Bonchev–Trinajstić information content (AvgIpc) is 2.86. The fraction of sp³-hybridized carbons (Fsp3) is 0.333. The van der Waals surface area contributed by atoms with Gasteiger partial charge in [0.15, 0.2) is 0 Å². The highest BCUT2D eigenvalue weighted by Crippen LogP contribution is 2.29. The van der Waals surface area contributed by atoms with Gasteiger partial charge in [0, 0.05) is 11.4 Å². The fourth-order valence-corrected chi connectivity index (χ4v) is 3.00. The maximum atomic E-state index is 5.77. The van der Waals surface area contributed by atoms with E-state index in [9.17, 15) is 0 Å². The van der Waals surface area contributed by atoms with E-state index < -0.39 is 0 Å². The Morgan fingerprint density at radius 3 is 2.47 bits per heavy atom. The van der Waals surface area contributed by atoms with Crippen LogP contribution in [0.1, 0.15) is 29.9 Å². The predicted molar refractivity (Wildman–Crippen MR) is 76.4 cm³/mol. The van der Waals surface area contributed by atoms with Crippen LogP contribution in [-0.4, -0.2) is 0 Å². The summed E-state index contributed by atoms with van der Waals surface area (Å²) < 4.78 is 0. The van der Waals surface area contributed by atoms with Crippen molar-refractivity contribution in [1.82, 2.24) is 0 Å². The highest BCUT2D eigenvalue weighted by Gasteiger charge is 2.07. The second-order valence-electron chi connectivity index (χ2n) is 4.15. The highest BCUT2D eigenvalue weighted by atomic mass is 32.1. The molecule has 1 aromatic heterocycles. The third kappa shape index (κ3) is 2.43. The number of thiophene rings is 1. The molecule has 0 saturated heterocycles. The van der Waals surface area contributed by atoms with E-state index in [0.717, 1.165) is 12.8 Å². The van der Waals surface area contributed by atoms with Crippen LogP contribution in [-0.2, 0) is 19.4 Å². The summed E-state index contributed by atoms with van der Waals surface area (Å²) in [6.45, 7) is 5.06. The van der Waals surface area contributed by atoms with Crippen LogP contribution in [0.4, 0.5) is 0 Å². The van der Waals surface area contributed by atoms with Crippen LogP contribution in [0.5, 0.6) is 0 Å². The van der Waals surface area contributed by atoms with E-state index in [1.807, 2.05) is 0 Å². The smallest absolute Gasteiger partial charge is 0.0280 e. The highest BCUT2D eigenvalue weighted by molar-refractivity contribution is 7.10. The summed E-state index contributed by atoms with van der Waals surface area (Å²) in [4.78, 5) is 1.27. The third-order valence-electron chi connectivity index (χ3n) is 3.21. The van der Waals surface area contributed by atoms with Crippen LogP contribution in [0.15, 0.2) is 29.6 Å². The molecule has 0 aliphatic heterocycles. The van der Waals surface area contributed by atoms with Gasteiger partial charge in [0.1, 0.15) is 0 Å². The lowest BCUT2D eigenvalue weighted by Gasteiger charge is -2.09. The first-order chi connectivity index (χ1) is 8.30. The van der Waals surface area contributed by atoms with Gasteiger partial charge in [-0.1, -0.05) is 32.0 Å². The topological polar surface area (TPSA) is 26.0 Å². The van der Waals surface area contributed by atoms with E-state index >= 15 is 0 Å². The maximum Gasteiger partial charge on any atom is 0.0280 e. The molecule has 0 saturated carbocycles. The van der Waals surface area contributed by atoms with Gasteiger partial charge in [0.2, 0.25) is 0 Å². The number of benzene rings is 1. The van der Waals surface area contributed by atoms with Gasteiger partial charge in [-0.05, 0) is 46.5 Å². The Balaban J connectivity index is 2.46. The predicted octanol–water partition coefficient (Wildman–Crippen LogP) is 4.00. The lowest BCUT2D eigenvalue weighted by molar-refractivity contribution is 1.04. The first kappa shape index (κ1) is 12.3. The van der Waals surface area contributed by atoms with Crippen LogP contribution < -0.4 is 5.73 Å². The SMILES string of the molecule is CCc1ccc(-c2ccsc2CN)cc1CC. The molecule has 2 heteroatoms. The summed E-state index contributed by atoms with van der Waals surface area (Å²) in [7, 11) is 0. The lowest BCUT2D eigenvalue weighted by Crippen LogP contribution is -1.96. The zero-order valence-corrected chi connectivity index (χ0v) is 11.3. The van der Waals surface area contributed by atoms with Crippen molar-refractivity contribution >= 4 is 11.3 Å². The molecule has 1 heterocycles. The monoisotopic (exact) mass is 245 g/mol. The molecule has 2 aromatic rings. The van der Waals surface area contributed by atoms with Crippen molar-refractivity contribution in [2.24, 2.45) is 5.73 Å². The molecule has 0 bridgehead atoms. The number of aryl methyl sites for hydroxylation is 2. The first-order valence-corrected chi connectivity index (χ1v) is 7.06. The van der Waals surface area contributed by atoms with Crippen molar-refractivity contribution in [1.29, 1.82) is 0 Å². The van der Waals surface area contributed by atoms with Gasteiger partial charge in [-0.2, -0.15) is 0 Å². The molecule has 0 radical (unpaired) electrons. The largest absolute Gasteiger partial charge is 0.326 e. The van der Waals surface area contributed by atoms with E-state index in [1.165, 1.54) is 27.1 Å². The summed E-state index contributed by atoms with van der Waals surface area (Å²) in [5.41, 5.74) is 11.3. The van der Waals surface area contributed by atoms with Crippen LogP contribution in [0.25, 0.3) is 11.1 Å². The average molecular weight is 245 g/mol. The normalized spacial score (nSPS) is 10.8. The zero-order chi connectivity index (χ0) is 12.3. The Morgan fingerprint density at radius 2 is 1.82 bits per heavy atom. The quantitative estimate of drug-likeness (QED) is 0.865. The van der Waals surface area contributed by atoms with Gasteiger partial charge in [-0.25, -0.2) is 0 Å². The molecule has 17 heavy (non-hydrogen) atoms. The fourth-order valence-electron chi connectivity index (χ4n) is 2.22. The number of hydrogen-bond donors (Lipinski definition) is 1. The van der Waals surface area contributed by atoms with Crippen molar-refractivity contribution in [2.75, 3.05) is 0 Å². The van der Waals surface area contributed by atoms with Crippen molar-refractivity contribution in [3.63, 3.8) is 0 Å². The van der Waals surface area contributed by atoms with Gasteiger partial charge >= 0.3 is 0 Å². The molecule has 0 atom stereocenters. The minimum absolute atomic E-state index is 0.629. The van der Waals surface area contributed by atoms with Crippen molar-refractivity contribution < 1.29 is 0 Å². The van der Waals surface area contributed by atoms with Gasteiger partial charge in [0.05, 0.1) is 0 Å². The molecule has 0 amide bonds. The molecule has 2 rings (SSSR count). The molecular formula is C15H19NS. The van der Waals surface area contributed by atoms with Gasteiger partial charge in [-0.15, -0.1) is 11.3 Å². The minimum Gasteiger partial charge on any atom is -0.326 e. The summed E-state index contributed by atoms with van der Waals surface area (Å²) in [6, 6.07) is 8.97. The Kier molecular flexibility index (Phi) is 3.97. The first-order valence-electron chi connectivity index (χ1n) is 6.18. The minimum atomic E-state index is 0.629. The maximum absolute atomic E-state index is 5.77. The number of hydrogen-bond acceptors (Lipinski definition) is 2. The second kappa shape index (κ2) is 5.48. The van der Waals surface area contributed by atoms with Gasteiger partial charge < -0.3 is 5.73 Å². The van der Waals surface area contributed by atoms with Crippen LogP contribution >= 0.6 is 11.3 Å². The number of rotatable bonds is 4. The molecule has 1 aromatic carbocycles. The molecular weight excluding hydrogens is 226 g/mol. The molecule has 0 spiro atoms. The Bertz CT molecular complexity index is 499. The summed E-state index contributed by atoms with van der Waals surface area (Å²) in [5.74, 6) is 0. The Morgan fingerprint density at radius 1 is 1.06 bits per heavy atom. The van der Waals surface area contributed by atoms with Gasteiger partial charge in [-0.3, -0.25) is 0 Å². The lowest BCUT2D eigenvalue weighted by atomic mass is 9.97. The van der Waals surface area contributed by atoms with E-state index in [2.05, 4.69) is 43.5 Å². The second-order valence-corrected chi connectivity index (χ2v) is 5.15. The molecule has 90 valence electrons. The van der Waals surface area contributed by atoms with E-state index in [4.69, 9.17) is 5.73 Å². The molecule has 0 unspecified atom stereocenters. The molecule has 0 fully saturated rings. The summed E-state index contributed by atoms with van der Waals surface area (Å²) >= 11 is 1.74. The molecule has 2 N–H and O–H groups in total. The standard InChI is InChI=1S/C15H19NS/c1-3-11-5-6-13(9-12(11)4-2)14-7-8-17-15(14)10-16/h5-9H,3-4,10,16H2,1-2H3. The summed E-state index contributed by atoms with van der Waals surface area (Å²) in [5, 5.41) is 2.12. The van der Waals surface area contributed by atoms with E-state index in [-0.39, 0.29) is 0 Å². The van der Waals surface area contributed by atoms with Crippen LogP contribution in [0.3, 0.4) is 0 Å². The van der Waals surface area contributed by atoms with Crippen molar-refractivity contribution in [3.05, 3.63) is 45.6 Å². The van der Waals surface area contributed by atoms with Crippen molar-refractivity contribution in [3.8, 4) is 11.1 Å². The zero-order valence-electron chi connectivity index (χ0n) is 10.5. The number of nitrogens with two attached hydrogens (primary N) is 1. The molecule has 0 aliphatic rings. The van der Waals surface area contributed by atoms with E-state index in [0.29, 0.717) is 6.54 Å². The van der Waals surface area contributed by atoms with Gasteiger partial charge in [0.25, 0.3) is 0 Å². The Labute approximate surface area is 107 Å². The Hall–Kier alpha value is -1.12. The van der Waals surface area contributed by atoms with E-state index in [1.54, 1.807) is 11.3 Å². The summed E-state index contributed by atoms with van der Waals surface area (Å²) in [6.07, 6.45) is 2.20. The molecule has 1 nitrogen and oxygen atoms in total. The third-order valence-corrected chi connectivity index (χ3v) is 4.15.